The number of hydrogen-bond acceptors (Lipinski definition) is 2. The normalized spacial score (nSPS) is 19.8. The van der Waals surface area contributed by atoms with Gasteiger partial charge in [-0.3, -0.25) is 4.79 Å². The van der Waals surface area contributed by atoms with E-state index in [-0.39, 0.29) is 17.9 Å². The fourth-order valence-electron chi connectivity index (χ4n) is 3.47. The molecule has 0 saturated heterocycles. The van der Waals surface area contributed by atoms with E-state index < -0.39 is 0 Å². The Kier molecular flexibility index (Phi) is 4.73. The van der Waals surface area contributed by atoms with Gasteiger partial charge in [0.15, 0.2) is 0 Å². The minimum absolute atomic E-state index is 0.191. The lowest BCUT2D eigenvalue weighted by Crippen LogP contribution is -2.26. The smallest absolute Gasteiger partial charge is 0.223 e. The van der Waals surface area contributed by atoms with Gasteiger partial charge in [-0.05, 0) is 73.1 Å². The molecule has 1 amide bonds. The van der Waals surface area contributed by atoms with E-state index in [1.807, 2.05) is 0 Å². The van der Waals surface area contributed by atoms with Crippen LogP contribution in [0.3, 0.4) is 0 Å². The summed E-state index contributed by atoms with van der Waals surface area (Å²) in [6, 6.07) is 12.7. The molecule has 2 aliphatic rings. The summed E-state index contributed by atoms with van der Waals surface area (Å²) in [4.78, 5) is 11.8. The van der Waals surface area contributed by atoms with E-state index >= 15 is 0 Å². The maximum Gasteiger partial charge on any atom is 0.223 e. The summed E-state index contributed by atoms with van der Waals surface area (Å²) in [5, 5.41) is 5.50. The molecule has 1 unspecified atom stereocenters. The Morgan fingerprint density at radius 2 is 2.08 bits per heavy atom. The Balaban J connectivity index is 1.47. The first kappa shape index (κ1) is 16.2. The van der Waals surface area contributed by atoms with Crippen LogP contribution in [-0.4, -0.2) is 18.6 Å². The quantitative estimate of drug-likeness (QED) is 0.795. The van der Waals surface area contributed by atoms with Crippen molar-refractivity contribution in [1.29, 1.82) is 0 Å². The Morgan fingerprint density at radius 3 is 2.88 bits per heavy atom. The van der Waals surface area contributed by atoms with Crippen LogP contribution in [0.1, 0.15) is 37.7 Å². The number of hydrogen-bond donors (Lipinski definition) is 1. The molecule has 130 valence electrons. The zero-order chi connectivity index (χ0) is 17.1. The molecule has 1 saturated carbocycles. The number of rotatable bonds is 6. The van der Waals surface area contributed by atoms with Gasteiger partial charge < -0.3 is 10.1 Å². The first-order valence-corrected chi connectivity index (χ1v) is 9.42. The molecule has 1 fully saturated rings. The van der Waals surface area contributed by atoms with Crippen molar-refractivity contribution in [1.82, 2.24) is 5.32 Å². The number of carbonyl (C=O) groups excluding carboxylic acids is 1. The van der Waals surface area contributed by atoms with Gasteiger partial charge in [-0.25, -0.2) is 0 Å². The highest BCUT2D eigenvalue weighted by atomic mass is 16.5. The summed E-state index contributed by atoms with van der Waals surface area (Å²) >= 11 is 0. The van der Waals surface area contributed by atoms with Crippen LogP contribution < -0.4 is 10.1 Å². The molecule has 25 heavy (non-hydrogen) atoms. The summed E-state index contributed by atoms with van der Waals surface area (Å²) in [6.07, 6.45) is 11.0. The number of nitrogens with one attached hydrogen (secondary N) is 1. The standard InChI is InChI=1S/C22H25NO2/c24-22(18-9-10-18)23-14-13-17-6-4-5-16-11-12-20(15-21(16)17)25-19-7-2-1-3-8-19/h2,4-7,11-12,15,18-19H,1,3,8-10,13-14H2,(H,23,24). The van der Waals surface area contributed by atoms with E-state index in [9.17, 15) is 4.79 Å². The minimum Gasteiger partial charge on any atom is -0.486 e. The van der Waals surface area contributed by atoms with Gasteiger partial charge in [0.1, 0.15) is 11.9 Å². The average Bonchev–Trinajstić information content (AvgIpc) is 3.48. The highest BCUT2D eigenvalue weighted by Gasteiger charge is 2.29. The molecule has 3 nitrogen and oxygen atoms in total. The summed E-state index contributed by atoms with van der Waals surface area (Å²) in [6.45, 7) is 0.699. The maximum absolute atomic E-state index is 11.8. The van der Waals surface area contributed by atoms with E-state index in [2.05, 4.69) is 53.9 Å². The Bertz CT molecular complexity index is 792. The molecular weight excluding hydrogens is 310 g/mol. The monoisotopic (exact) mass is 335 g/mol. The molecule has 3 heteroatoms. The van der Waals surface area contributed by atoms with Crippen molar-refractivity contribution in [3.05, 3.63) is 54.1 Å². The predicted molar refractivity (Wildman–Crippen MR) is 101 cm³/mol. The van der Waals surface area contributed by atoms with Crippen LogP contribution in [0, 0.1) is 5.92 Å². The summed E-state index contributed by atoms with van der Waals surface area (Å²) in [5.41, 5.74) is 1.26. The summed E-state index contributed by atoms with van der Waals surface area (Å²) in [5.74, 6) is 1.42. The van der Waals surface area contributed by atoms with Gasteiger partial charge in [-0.1, -0.05) is 30.3 Å². The molecule has 2 aromatic rings. The molecule has 0 spiro atoms. The Morgan fingerprint density at radius 1 is 1.16 bits per heavy atom. The van der Waals surface area contributed by atoms with Gasteiger partial charge in [-0.15, -0.1) is 0 Å². The number of carbonyl (C=O) groups is 1. The average molecular weight is 335 g/mol. The summed E-state index contributed by atoms with van der Waals surface area (Å²) in [7, 11) is 0. The van der Waals surface area contributed by atoms with E-state index in [1.54, 1.807) is 0 Å². The van der Waals surface area contributed by atoms with Crippen LogP contribution in [0.15, 0.2) is 48.6 Å². The summed E-state index contributed by atoms with van der Waals surface area (Å²) < 4.78 is 6.14. The van der Waals surface area contributed by atoms with Crippen LogP contribution in [-0.2, 0) is 11.2 Å². The molecule has 1 atom stereocenters. The lowest BCUT2D eigenvalue weighted by Gasteiger charge is -2.19. The topological polar surface area (TPSA) is 38.3 Å². The first-order valence-electron chi connectivity index (χ1n) is 9.42. The second-order valence-electron chi connectivity index (χ2n) is 7.13. The number of allylic oxidation sites excluding steroid dienone is 1. The number of fused-ring (bicyclic) bond motifs is 1. The van der Waals surface area contributed by atoms with Crippen molar-refractivity contribution in [2.45, 2.75) is 44.6 Å². The number of ether oxygens (including phenoxy) is 1. The molecule has 2 aromatic carbocycles. The van der Waals surface area contributed by atoms with Gasteiger partial charge >= 0.3 is 0 Å². The SMILES string of the molecule is O=C(NCCc1cccc2ccc(OC3C=CCCC3)cc12)C1CC1. The van der Waals surface area contributed by atoms with Crippen molar-refractivity contribution in [3.63, 3.8) is 0 Å². The lowest BCUT2D eigenvalue weighted by molar-refractivity contribution is -0.122. The fraction of sp³-hybridized carbons (Fsp3) is 0.409. The highest BCUT2D eigenvalue weighted by Crippen LogP contribution is 2.29. The lowest BCUT2D eigenvalue weighted by atomic mass is 10.0. The zero-order valence-corrected chi connectivity index (χ0v) is 14.5. The van der Waals surface area contributed by atoms with E-state index in [1.165, 1.54) is 22.8 Å². The Hall–Kier alpha value is -2.29. The number of benzene rings is 2. The molecule has 0 radical (unpaired) electrons. The van der Waals surface area contributed by atoms with E-state index in [4.69, 9.17) is 4.74 Å². The number of amides is 1. The Labute approximate surface area is 149 Å². The third kappa shape index (κ3) is 4.04. The van der Waals surface area contributed by atoms with Crippen LogP contribution in [0.2, 0.25) is 0 Å². The van der Waals surface area contributed by atoms with Crippen LogP contribution >= 0.6 is 0 Å². The second kappa shape index (κ2) is 7.30. The van der Waals surface area contributed by atoms with E-state index in [0.717, 1.165) is 37.9 Å². The molecular formula is C22H25NO2. The van der Waals surface area contributed by atoms with Gasteiger partial charge in [0.25, 0.3) is 0 Å². The minimum atomic E-state index is 0.191. The van der Waals surface area contributed by atoms with Crippen LogP contribution in [0.4, 0.5) is 0 Å². The van der Waals surface area contributed by atoms with Crippen molar-refractivity contribution < 1.29 is 9.53 Å². The van der Waals surface area contributed by atoms with Crippen LogP contribution in [0.25, 0.3) is 10.8 Å². The fourth-order valence-corrected chi connectivity index (χ4v) is 3.47. The zero-order valence-electron chi connectivity index (χ0n) is 14.5. The highest BCUT2D eigenvalue weighted by molar-refractivity contribution is 5.87. The first-order chi connectivity index (χ1) is 12.3. The molecule has 0 bridgehead atoms. The van der Waals surface area contributed by atoms with Crippen molar-refractivity contribution in [3.8, 4) is 5.75 Å². The maximum atomic E-state index is 11.8. The third-order valence-corrected chi connectivity index (χ3v) is 5.08. The van der Waals surface area contributed by atoms with Gasteiger partial charge in [0.2, 0.25) is 5.91 Å². The third-order valence-electron chi connectivity index (χ3n) is 5.08. The van der Waals surface area contributed by atoms with Crippen LogP contribution in [0.5, 0.6) is 5.75 Å². The van der Waals surface area contributed by atoms with Crippen molar-refractivity contribution in [2.24, 2.45) is 5.92 Å². The largest absolute Gasteiger partial charge is 0.486 e. The van der Waals surface area contributed by atoms with Gasteiger partial charge in [0, 0.05) is 12.5 Å². The van der Waals surface area contributed by atoms with Crippen molar-refractivity contribution >= 4 is 16.7 Å². The molecule has 1 N–H and O–H groups in total. The second-order valence-corrected chi connectivity index (χ2v) is 7.13. The molecule has 0 heterocycles. The van der Waals surface area contributed by atoms with Crippen molar-refractivity contribution in [2.75, 3.05) is 6.54 Å². The molecule has 4 rings (SSSR count). The van der Waals surface area contributed by atoms with Gasteiger partial charge in [0.05, 0.1) is 0 Å². The molecule has 2 aliphatic carbocycles. The molecule has 0 aliphatic heterocycles. The predicted octanol–water partition coefficient (Wildman–Crippen LogP) is 4.40. The van der Waals surface area contributed by atoms with Gasteiger partial charge in [-0.2, -0.15) is 0 Å². The van der Waals surface area contributed by atoms with E-state index in [0.29, 0.717) is 6.54 Å². The molecule has 0 aromatic heterocycles.